The highest BCUT2D eigenvalue weighted by Gasteiger charge is 1.97. The van der Waals surface area contributed by atoms with Gasteiger partial charge in [0.25, 0.3) is 0 Å². The first-order valence-electron chi connectivity index (χ1n) is 3.22. The highest BCUT2D eigenvalue weighted by molar-refractivity contribution is 5.21. The summed E-state index contributed by atoms with van der Waals surface area (Å²) in [6.45, 7) is 3.06. The molecule has 1 aliphatic rings. The molecule has 0 unspecified atom stereocenters. The van der Waals surface area contributed by atoms with Gasteiger partial charge in [-0.1, -0.05) is 18.6 Å². The zero-order valence-corrected chi connectivity index (χ0v) is 5.65. The third kappa shape index (κ3) is 1.49. The highest BCUT2D eigenvalue weighted by atomic mass is 15.0. The second-order valence-electron chi connectivity index (χ2n) is 2.15. The Hall–Kier alpha value is -0.920. The van der Waals surface area contributed by atoms with E-state index in [1.807, 2.05) is 6.08 Å². The second kappa shape index (κ2) is 2.58. The Labute approximate surface area is 55.4 Å². The summed E-state index contributed by atoms with van der Waals surface area (Å²) in [6.07, 6.45) is 5.09. The molecule has 0 aromatic rings. The first kappa shape index (κ1) is 6.20. The summed E-state index contributed by atoms with van der Waals surface area (Å²) in [5, 5.41) is 3.05. The van der Waals surface area contributed by atoms with Gasteiger partial charge in [-0.3, -0.25) is 0 Å². The van der Waals surface area contributed by atoms with Crippen molar-refractivity contribution in [2.45, 2.75) is 13.3 Å². The molecule has 0 spiro atoms. The van der Waals surface area contributed by atoms with Crippen molar-refractivity contribution >= 4 is 0 Å². The molecule has 9 heavy (non-hydrogen) atoms. The molecule has 0 saturated heterocycles. The van der Waals surface area contributed by atoms with Crippen molar-refractivity contribution in [3.8, 4) is 0 Å². The number of dihydropyridines is 1. The van der Waals surface area contributed by atoms with E-state index in [0.29, 0.717) is 0 Å². The van der Waals surface area contributed by atoms with Gasteiger partial charge in [-0.2, -0.15) is 0 Å². The molecular formula is C7H12N2. The van der Waals surface area contributed by atoms with E-state index in [9.17, 15) is 0 Å². The Kier molecular flexibility index (Phi) is 1.78. The van der Waals surface area contributed by atoms with E-state index in [2.05, 4.69) is 18.3 Å². The summed E-state index contributed by atoms with van der Waals surface area (Å²) in [5.41, 5.74) is 6.86. The molecule has 1 heterocycles. The Morgan fingerprint density at radius 1 is 1.67 bits per heavy atom. The van der Waals surface area contributed by atoms with Crippen LogP contribution in [0.5, 0.6) is 0 Å². The van der Waals surface area contributed by atoms with E-state index in [1.165, 1.54) is 5.57 Å². The molecule has 0 radical (unpaired) electrons. The minimum Gasteiger partial charge on any atom is -0.386 e. The Morgan fingerprint density at radius 3 is 2.89 bits per heavy atom. The van der Waals surface area contributed by atoms with Crippen LogP contribution in [0.3, 0.4) is 0 Å². The first-order chi connectivity index (χ1) is 4.33. The van der Waals surface area contributed by atoms with Crippen molar-refractivity contribution in [3.05, 3.63) is 23.5 Å². The molecule has 1 aliphatic heterocycles. The molecule has 0 bridgehead atoms. The van der Waals surface area contributed by atoms with Crippen molar-refractivity contribution in [1.82, 2.24) is 5.32 Å². The molecule has 2 nitrogen and oxygen atoms in total. The van der Waals surface area contributed by atoms with Crippen molar-refractivity contribution in [3.63, 3.8) is 0 Å². The summed E-state index contributed by atoms with van der Waals surface area (Å²) in [5.74, 6) is 0.771. The second-order valence-corrected chi connectivity index (χ2v) is 2.15. The number of rotatable bonds is 1. The smallest absolute Gasteiger partial charge is 0.0962 e. The summed E-state index contributed by atoms with van der Waals surface area (Å²) in [7, 11) is 0. The van der Waals surface area contributed by atoms with E-state index in [-0.39, 0.29) is 0 Å². The van der Waals surface area contributed by atoms with Crippen LogP contribution in [0, 0.1) is 0 Å². The van der Waals surface area contributed by atoms with Crippen molar-refractivity contribution < 1.29 is 0 Å². The highest BCUT2D eigenvalue weighted by Crippen LogP contribution is 2.03. The fraction of sp³-hybridized carbons (Fsp3) is 0.429. The van der Waals surface area contributed by atoms with Gasteiger partial charge in [0.15, 0.2) is 0 Å². The van der Waals surface area contributed by atoms with Crippen LogP contribution in [0.1, 0.15) is 13.3 Å². The lowest BCUT2D eigenvalue weighted by Gasteiger charge is -2.11. The van der Waals surface area contributed by atoms with Crippen LogP contribution in [0.25, 0.3) is 0 Å². The molecule has 0 amide bonds. The molecule has 0 atom stereocenters. The summed E-state index contributed by atoms with van der Waals surface area (Å²) in [4.78, 5) is 0. The van der Waals surface area contributed by atoms with Crippen molar-refractivity contribution in [1.29, 1.82) is 0 Å². The molecule has 50 valence electrons. The van der Waals surface area contributed by atoms with Crippen LogP contribution in [0.4, 0.5) is 0 Å². The van der Waals surface area contributed by atoms with Gasteiger partial charge in [0.05, 0.1) is 5.82 Å². The molecule has 0 fully saturated rings. The van der Waals surface area contributed by atoms with Crippen molar-refractivity contribution in [2.75, 3.05) is 6.54 Å². The molecule has 0 saturated carbocycles. The lowest BCUT2D eigenvalue weighted by Crippen LogP contribution is -2.24. The maximum absolute atomic E-state index is 5.46. The quantitative estimate of drug-likeness (QED) is 0.540. The molecular weight excluding hydrogens is 112 g/mol. The van der Waals surface area contributed by atoms with Gasteiger partial charge in [0.2, 0.25) is 0 Å². The van der Waals surface area contributed by atoms with Gasteiger partial charge in [0, 0.05) is 6.54 Å². The first-order valence-corrected chi connectivity index (χ1v) is 3.22. The molecule has 1 rings (SSSR count). The van der Waals surface area contributed by atoms with E-state index in [0.717, 1.165) is 18.8 Å². The zero-order chi connectivity index (χ0) is 6.69. The number of hydrogen-bond acceptors (Lipinski definition) is 2. The molecule has 0 aromatic carbocycles. The van der Waals surface area contributed by atoms with E-state index >= 15 is 0 Å². The molecule has 0 aliphatic carbocycles. The van der Waals surface area contributed by atoms with Gasteiger partial charge in [-0.15, -0.1) is 0 Å². The van der Waals surface area contributed by atoms with Crippen molar-refractivity contribution in [2.24, 2.45) is 5.73 Å². The van der Waals surface area contributed by atoms with Crippen LogP contribution in [-0.2, 0) is 0 Å². The molecule has 3 N–H and O–H groups in total. The van der Waals surface area contributed by atoms with Gasteiger partial charge in [-0.05, 0) is 12.5 Å². The monoisotopic (exact) mass is 124 g/mol. The summed E-state index contributed by atoms with van der Waals surface area (Å²) < 4.78 is 0. The zero-order valence-electron chi connectivity index (χ0n) is 5.65. The predicted octanol–water partition coefficient (Wildman–Crippen LogP) is 0.726. The van der Waals surface area contributed by atoms with E-state index < -0.39 is 0 Å². The van der Waals surface area contributed by atoms with Crippen LogP contribution in [-0.4, -0.2) is 6.54 Å². The normalized spacial score (nSPS) is 17.9. The van der Waals surface area contributed by atoms with Crippen LogP contribution < -0.4 is 11.1 Å². The number of allylic oxidation sites excluding steroid dienone is 2. The SMILES string of the molecule is CCC1=CC=C(N)NC1. The standard InChI is InChI=1S/C7H12N2/c1-2-6-3-4-7(8)9-5-6/h3-4,9H,2,5,8H2,1H3. The number of nitrogens with two attached hydrogens (primary N) is 1. The third-order valence-electron chi connectivity index (χ3n) is 1.47. The third-order valence-corrected chi connectivity index (χ3v) is 1.47. The van der Waals surface area contributed by atoms with Gasteiger partial charge in [-0.25, -0.2) is 0 Å². The maximum atomic E-state index is 5.46. The number of hydrogen-bond donors (Lipinski definition) is 2. The minimum atomic E-state index is 0.771. The van der Waals surface area contributed by atoms with Crippen LogP contribution in [0.15, 0.2) is 23.5 Å². The fourth-order valence-corrected chi connectivity index (χ4v) is 0.784. The number of nitrogens with one attached hydrogen (secondary N) is 1. The van der Waals surface area contributed by atoms with Gasteiger partial charge in [0.1, 0.15) is 0 Å². The van der Waals surface area contributed by atoms with Crippen LogP contribution in [0.2, 0.25) is 0 Å². The molecule has 2 heteroatoms. The minimum absolute atomic E-state index is 0.771. The summed E-state index contributed by atoms with van der Waals surface area (Å²) in [6, 6.07) is 0. The van der Waals surface area contributed by atoms with E-state index in [1.54, 1.807) is 0 Å². The predicted molar refractivity (Wildman–Crippen MR) is 38.6 cm³/mol. The maximum Gasteiger partial charge on any atom is 0.0962 e. The topological polar surface area (TPSA) is 38.0 Å². The van der Waals surface area contributed by atoms with E-state index in [4.69, 9.17) is 5.73 Å². The Morgan fingerprint density at radius 2 is 2.44 bits per heavy atom. The summed E-state index contributed by atoms with van der Waals surface area (Å²) >= 11 is 0. The van der Waals surface area contributed by atoms with Gasteiger partial charge < -0.3 is 11.1 Å². The lowest BCUT2D eigenvalue weighted by molar-refractivity contribution is 0.811. The Bertz CT molecular complexity index is 156. The molecule has 0 aromatic heterocycles. The average Bonchev–Trinajstić information content (AvgIpc) is 1.90. The Balaban J connectivity index is 2.59. The van der Waals surface area contributed by atoms with Gasteiger partial charge >= 0.3 is 0 Å². The van der Waals surface area contributed by atoms with Crippen LogP contribution >= 0.6 is 0 Å². The largest absolute Gasteiger partial charge is 0.386 e. The fourth-order valence-electron chi connectivity index (χ4n) is 0.784. The lowest BCUT2D eigenvalue weighted by atomic mass is 10.1. The average molecular weight is 124 g/mol.